The lowest BCUT2D eigenvalue weighted by molar-refractivity contribution is -0.137. The minimum atomic E-state index is -6.11. The van der Waals surface area contributed by atoms with Crippen molar-refractivity contribution in [1.82, 2.24) is 9.78 Å². The molecule has 0 fully saturated rings. The van der Waals surface area contributed by atoms with Gasteiger partial charge in [0.1, 0.15) is 5.69 Å². The van der Waals surface area contributed by atoms with Gasteiger partial charge in [-0.05, 0) is 26.0 Å². The van der Waals surface area contributed by atoms with Crippen molar-refractivity contribution in [1.29, 1.82) is 0 Å². The second-order valence-electron chi connectivity index (χ2n) is 5.98. The Balaban J connectivity index is 2.76. The molecule has 0 spiro atoms. The standard InChI is InChI=1S/C15H10Cl2F6N2O5S/c1-6(2)29-13(26)30-12-10(31(27,28)15(21,22)23)5-24-25(12)11-8(16)3-7(4-9(11)17)14(18,19)20/h3-6H,1-2H3. The van der Waals surface area contributed by atoms with Crippen LogP contribution < -0.4 is 4.74 Å². The Morgan fingerprint density at radius 2 is 1.61 bits per heavy atom. The fourth-order valence-corrected chi connectivity index (χ4v) is 3.55. The van der Waals surface area contributed by atoms with Crippen LogP contribution in [0.15, 0.2) is 23.2 Å². The SMILES string of the molecule is CC(C)OC(=O)Oc1c(S(=O)(=O)C(F)(F)F)cnn1-c1c(Cl)cc(C(F)(F)F)cc1Cl. The molecule has 0 saturated carbocycles. The Hall–Kier alpha value is -2.19. The minimum absolute atomic E-state index is 0.172. The van der Waals surface area contributed by atoms with E-state index in [2.05, 4.69) is 14.6 Å². The summed E-state index contributed by atoms with van der Waals surface area (Å²) in [7, 11) is -6.11. The first-order valence-electron chi connectivity index (χ1n) is 7.81. The van der Waals surface area contributed by atoms with Gasteiger partial charge in [-0.1, -0.05) is 23.2 Å². The Labute approximate surface area is 180 Å². The quantitative estimate of drug-likeness (QED) is 0.400. The van der Waals surface area contributed by atoms with Crippen LogP contribution in [-0.2, 0) is 20.8 Å². The van der Waals surface area contributed by atoms with Crippen LogP contribution in [0.3, 0.4) is 0 Å². The molecule has 1 aromatic carbocycles. The Morgan fingerprint density at radius 3 is 2.03 bits per heavy atom. The van der Waals surface area contributed by atoms with Gasteiger partial charge < -0.3 is 9.47 Å². The average Bonchev–Trinajstić information content (AvgIpc) is 2.95. The summed E-state index contributed by atoms with van der Waals surface area (Å²) in [5.74, 6) is -1.34. The molecule has 2 rings (SSSR count). The first-order chi connectivity index (χ1) is 14.0. The first kappa shape index (κ1) is 25.1. The first-order valence-corrected chi connectivity index (χ1v) is 10.0. The van der Waals surface area contributed by atoms with Crippen molar-refractivity contribution >= 4 is 39.2 Å². The van der Waals surface area contributed by atoms with Crippen LogP contribution in [0.4, 0.5) is 31.1 Å². The molecule has 1 heterocycles. The number of alkyl halides is 6. The van der Waals surface area contributed by atoms with Crippen molar-refractivity contribution in [3.8, 4) is 11.6 Å². The molecule has 0 bridgehead atoms. The molecule has 0 amide bonds. The van der Waals surface area contributed by atoms with E-state index in [9.17, 15) is 39.6 Å². The molecule has 0 atom stereocenters. The van der Waals surface area contributed by atoms with Crippen molar-refractivity contribution in [2.45, 2.75) is 36.5 Å². The monoisotopic (exact) mass is 514 g/mol. The summed E-state index contributed by atoms with van der Waals surface area (Å²) in [6.45, 7) is 2.71. The Kier molecular flexibility index (Phi) is 6.79. The third-order valence-corrected chi connectivity index (χ3v) is 5.40. The van der Waals surface area contributed by atoms with Gasteiger partial charge in [-0.15, -0.1) is 0 Å². The number of hydrogen-bond acceptors (Lipinski definition) is 6. The van der Waals surface area contributed by atoms with Crippen LogP contribution in [0.1, 0.15) is 19.4 Å². The van der Waals surface area contributed by atoms with Crippen LogP contribution in [0.25, 0.3) is 5.69 Å². The Morgan fingerprint density at radius 1 is 1.10 bits per heavy atom. The van der Waals surface area contributed by atoms with E-state index in [0.717, 1.165) is 0 Å². The van der Waals surface area contributed by atoms with Crippen molar-refractivity contribution in [3.63, 3.8) is 0 Å². The molecule has 0 radical (unpaired) electrons. The molecule has 1 aromatic heterocycles. The van der Waals surface area contributed by atoms with Gasteiger partial charge in [-0.25, -0.2) is 13.2 Å². The van der Waals surface area contributed by atoms with Gasteiger partial charge in [0, 0.05) is 0 Å². The highest BCUT2D eigenvalue weighted by Crippen LogP contribution is 2.41. The molecule has 172 valence electrons. The van der Waals surface area contributed by atoms with E-state index in [-0.39, 0.29) is 10.9 Å². The van der Waals surface area contributed by atoms with Gasteiger partial charge in [-0.2, -0.15) is 36.1 Å². The van der Waals surface area contributed by atoms with Gasteiger partial charge in [0.2, 0.25) is 5.88 Å². The number of rotatable bonds is 4. The third kappa shape index (κ3) is 5.18. The molecule has 0 aliphatic carbocycles. The normalized spacial score (nSPS) is 12.9. The summed E-state index contributed by atoms with van der Waals surface area (Å²) >= 11 is 11.6. The Bertz CT molecular complexity index is 1090. The summed E-state index contributed by atoms with van der Waals surface area (Å²) in [4.78, 5) is 10.2. The van der Waals surface area contributed by atoms with Crippen LogP contribution in [0.2, 0.25) is 10.0 Å². The largest absolute Gasteiger partial charge is 0.515 e. The van der Waals surface area contributed by atoms with Crippen LogP contribution >= 0.6 is 23.2 Å². The van der Waals surface area contributed by atoms with Crippen molar-refractivity contribution in [2.24, 2.45) is 0 Å². The summed E-state index contributed by atoms with van der Waals surface area (Å²) in [5.41, 5.74) is -7.80. The highest BCUT2D eigenvalue weighted by Gasteiger charge is 2.50. The lowest BCUT2D eigenvalue weighted by Gasteiger charge is -2.15. The molecule has 0 N–H and O–H groups in total. The molecule has 16 heteroatoms. The lowest BCUT2D eigenvalue weighted by Crippen LogP contribution is -2.25. The molecular formula is C15H10Cl2F6N2O5S. The van der Waals surface area contributed by atoms with E-state index in [4.69, 9.17) is 23.2 Å². The van der Waals surface area contributed by atoms with Crippen LogP contribution in [0.5, 0.6) is 5.88 Å². The van der Waals surface area contributed by atoms with Crippen molar-refractivity contribution in [3.05, 3.63) is 33.9 Å². The summed E-state index contributed by atoms with van der Waals surface area (Å²) in [6.07, 6.45) is -7.13. The summed E-state index contributed by atoms with van der Waals surface area (Å²) in [6, 6.07) is 0.747. The third-order valence-electron chi connectivity index (χ3n) is 3.36. The fourth-order valence-electron chi connectivity index (χ4n) is 2.11. The van der Waals surface area contributed by atoms with Crippen molar-refractivity contribution in [2.75, 3.05) is 0 Å². The molecule has 0 saturated heterocycles. The van der Waals surface area contributed by atoms with Gasteiger partial charge in [-0.3, -0.25) is 0 Å². The number of carbonyl (C=O) groups is 1. The maximum absolute atomic E-state index is 13.0. The zero-order chi connectivity index (χ0) is 23.9. The predicted octanol–water partition coefficient (Wildman–Crippen LogP) is 5.42. The zero-order valence-electron chi connectivity index (χ0n) is 15.2. The van der Waals surface area contributed by atoms with E-state index in [0.29, 0.717) is 12.1 Å². The predicted molar refractivity (Wildman–Crippen MR) is 94.1 cm³/mol. The molecule has 2 aromatic rings. The number of benzene rings is 1. The van der Waals surface area contributed by atoms with Crippen LogP contribution in [0, 0.1) is 0 Å². The molecular weight excluding hydrogens is 505 g/mol. The summed E-state index contributed by atoms with van der Waals surface area (Å²) < 4.78 is 111. The molecule has 0 aliphatic heterocycles. The number of nitrogens with zero attached hydrogens (tertiary/aromatic N) is 2. The number of sulfone groups is 1. The second-order valence-corrected chi connectivity index (χ2v) is 8.70. The number of halogens is 8. The number of hydrogen-bond donors (Lipinski definition) is 0. The average molecular weight is 515 g/mol. The lowest BCUT2D eigenvalue weighted by atomic mass is 10.2. The van der Waals surface area contributed by atoms with Gasteiger partial charge in [0.25, 0.3) is 9.84 Å². The smallest absolute Gasteiger partial charge is 0.431 e. The van der Waals surface area contributed by atoms with Crippen molar-refractivity contribution < 1.29 is 49.0 Å². The molecule has 0 unspecified atom stereocenters. The highest BCUT2D eigenvalue weighted by molar-refractivity contribution is 7.92. The maximum Gasteiger partial charge on any atom is 0.515 e. The number of carbonyl (C=O) groups excluding carboxylic acids is 1. The molecule has 31 heavy (non-hydrogen) atoms. The van der Waals surface area contributed by atoms with E-state index >= 15 is 0 Å². The zero-order valence-corrected chi connectivity index (χ0v) is 17.5. The van der Waals surface area contributed by atoms with E-state index in [1.54, 1.807) is 0 Å². The van der Waals surface area contributed by atoms with Gasteiger partial charge >= 0.3 is 17.8 Å². The highest BCUT2D eigenvalue weighted by atomic mass is 35.5. The van der Waals surface area contributed by atoms with Gasteiger partial charge in [0.05, 0.1) is 27.9 Å². The molecule has 0 aliphatic rings. The van der Waals surface area contributed by atoms with E-state index < -0.39 is 65.9 Å². The number of ether oxygens (including phenoxy) is 2. The molecule has 7 nitrogen and oxygen atoms in total. The minimum Gasteiger partial charge on any atom is -0.431 e. The summed E-state index contributed by atoms with van der Waals surface area (Å²) in [5, 5.41) is 1.81. The number of aromatic nitrogens is 2. The second kappa shape index (κ2) is 8.39. The van der Waals surface area contributed by atoms with Crippen LogP contribution in [-0.4, -0.2) is 36.0 Å². The topological polar surface area (TPSA) is 87.5 Å². The van der Waals surface area contributed by atoms with Gasteiger partial charge in [0.15, 0.2) is 4.90 Å². The fraction of sp³-hybridized carbons (Fsp3) is 0.333. The van der Waals surface area contributed by atoms with E-state index in [1.165, 1.54) is 13.8 Å². The maximum atomic E-state index is 13.0. The van der Waals surface area contributed by atoms with E-state index in [1.807, 2.05) is 0 Å².